The Morgan fingerprint density at radius 1 is 1.08 bits per heavy atom. The van der Waals surface area contributed by atoms with Gasteiger partial charge in [-0.3, -0.25) is 0 Å². The molecule has 2 heterocycles. The summed E-state index contributed by atoms with van der Waals surface area (Å²) in [6.07, 6.45) is 2.36. The van der Waals surface area contributed by atoms with Gasteiger partial charge in [-0.1, -0.05) is 47.7 Å². The van der Waals surface area contributed by atoms with Crippen LogP contribution in [0.5, 0.6) is 0 Å². The Hall–Kier alpha value is -2.62. The molecule has 0 N–H and O–H groups in total. The fourth-order valence-corrected chi connectivity index (χ4v) is 3.48. The molecule has 0 amide bonds. The van der Waals surface area contributed by atoms with Gasteiger partial charge in [0.2, 0.25) is 0 Å². The predicted octanol–water partition coefficient (Wildman–Crippen LogP) is 3.74. The molecule has 0 unspecified atom stereocenters. The second-order valence-electron chi connectivity index (χ2n) is 6.53. The number of nitrogens with zero attached hydrogens (tertiary/aromatic N) is 4. The molecule has 3 aromatic rings. The lowest BCUT2D eigenvalue weighted by Gasteiger charge is -2.31. The van der Waals surface area contributed by atoms with E-state index in [2.05, 4.69) is 52.5 Å². The molecule has 0 fully saturated rings. The van der Waals surface area contributed by atoms with Crippen molar-refractivity contribution in [2.45, 2.75) is 26.3 Å². The van der Waals surface area contributed by atoms with Gasteiger partial charge in [-0.15, -0.1) is 5.10 Å². The number of aromatic nitrogens is 3. The lowest BCUT2D eigenvalue weighted by molar-refractivity contribution is 0.634. The molecule has 1 aliphatic rings. The van der Waals surface area contributed by atoms with Crippen LogP contribution in [0.2, 0.25) is 0 Å². The summed E-state index contributed by atoms with van der Waals surface area (Å²) in [5.74, 6) is 0. The van der Waals surface area contributed by atoms with E-state index in [0.29, 0.717) is 0 Å². The number of benzene rings is 2. The van der Waals surface area contributed by atoms with Crippen molar-refractivity contribution in [2.24, 2.45) is 7.05 Å². The fraction of sp³-hybridized carbons (Fsp3) is 0.300. The third-order valence-corrected chi connectivity index (χ3v) is 4.79. The summed E-state index contributed by atoms with van der Waals surface area (Å²) in [6.45, 7) is 4.08. The predicted molar refractivity (Wildman–Crippen MR) is 97.0 cm³/mol. The molecule has 0 saturated heterocycles. The molecule has 4 heteroatoms. The maximum Gasteiger partial charge on any atom is 0.118 e. The maximum atomic E-state index is 4.41. The third kappa shape index (κ3) is 2.68. The number of aryl methyl sites for hydroxylation is 3. The van der Waals surface area contributed by atoms with Crippen molar-refractivity contribution in [1.29, 1.82) is 0 Å². The lowest BCUT2D eigenvalue weighted by atomic mass is 9.99. The van der Waals surface area contributed by atoms with E-state index in [-0.39, 0.29) is 0 Å². The molecule has 4 rings (SSSR count). The van der Waals surface area contributed by atoms with Crippen molar-refractivity contribution >= 4 is 5.69 Å². The molecule has 122 valence electrons. The summed E-state index contributed by atoms with van der Waals surface area (Å²) in [4.78, 5) is 2.47. The first-order valence-electron chi connectivity index (χ1n) is 8.51. The molecule has 1 aromatic heterocycles. The van der Waals surface area contributed by atoms with E-state index in [1.54, 1.807) is 0 Å². The molecule has 4 nitrogen and oxygen atoms in total. The Morgan fingerprint density at radius 3 is 2.75 bits per heavy atom. The van der Waals surface area contributed by atoms with Crippen LogP contribution < -0.4 is 4.90 Å². The highest BCUT2D eigenvalue weighted by molar-refractivity contribution is 5.63. The molecule has 0 radical (unpaired) electrons. The van der Waals surface area contributed by atoms with Crippen LogP contribution >= 0.6 is 0 Å². The van der Waals surface area contributed by atoms with Gasteiger partial charge in [-0.2, -0.15) is 0 Å². The number of fused-ring (bicyclic) bond motifs is 1. The number of hydrogen-bond donors (Lipinski definition) is 0. The van der Waals surface area contributed by atoms with E-state index in [9.17, 15) is 0 Å². The fourth-order valence-electron chi connectivity index (χ4n) is 3.48. The number of hydrogen-bond acceptors (Lipinski definition) is 3. The highest BCUT2D eigenvalue weighted by Crippen LogP contribution is 2.31. The van der Waals surface area contributed by atoms with Crippen molar-refractivity contribution in [3.8, 4) is 11.3 Å². The standard InChI is InChI=1S/C20H22N4/c1-15-10-11-16-9-6-12-24(18(16)13-15)14-19-20(21-22-23(19)2)17-7-4-3-5-8-17/h3-5,7-8,10-11,13H,6,9,12,14H2,1-2H3. The van der Waals surface area contributed by atoms with Crippen molar-refractivity contribution in [3.05, 3.63) is 65.4 Å². The van der Waals surface area contributed by atoms with Gasteiger partial charge in [0.1, 0.15) is 5.69 Å². The van der Waals surface area contributed by atoms with Crippen LogP contribution in [0.25, 0.3) is 11.3 Å². The zero-order valence-electron chi connectivity index (χ0n) is 14.2. The number of anilines is 1. The largest absolute Gasteiger partial charge is 0.365 e. The lowest BCUT2D eigenvalue weighted by Crippen LogP contribution is -2.30. The molecule has 0 bridgehead atoms. The van der Waals surface area contributed by atoms with Crippen molar-refractivity contribution < 1.29 is 0 Å². The minimum Gasteiger partial charge on any atom is -0.365 e. The van der Waals surface area contributed by atoms with Crippen LogP contribution in [0.1, 0.15) is 23.2 Å². The quantitative estimate of drug-likeness (QED) is 0.737. The molecule has 2 aromatic carbocycles. The van der Waals surface area contributed by atoms with E-state index in [4.69, 9.17) is 0 Å². The average Bonchev–Trinajstić information content (AvgIpc) is 2.97. The van der Waals surface area contributed by atoms with Crippen LogP contribution in [0, 0.1) is 6.92 Å². The normalized spacial score (nSPS) is 13.8. The van der Waals surface area contributed by atoms with Crippen molar-refractivity contribution in [2.75, 3.05) is 11.4 Å². The number of rotatable bonds is 3. The zero-order chi connectivity index (χ0) is 16.5. The minimum atomic E-state index is 0.837. The van der Waals surface area contributed by atoms with E-state index in [1.165, 1.54) is 29.7 Å². The van der Waals surface area contributed by atoms with Crippen LogP contribution in [0.4, 0.5) is 5.69 Å². The Balaban J connectivity index is 1.71. The van der Waals surface area contributed by atoms with Gasteiger partial charge in [0.25, 0.3) is 0 Å². The molecule has 24 heavy (non-hydrogen) atoms. The highest BCUT2D eigenvalue weighted by Gasteiger charge is 2.21. The molecule has 0 spiro atoms. The van der Waals surface area contributed by atoms with Gasteiger partial charge in [0.05, 0.1) is 12.2 Å². The summed E-state index contributed by atoms with van der Waals surface area (Å²) in [7, 11) is 1.98. The molecule has 0 aliphatic carbocycles. The summed E-state index contributed by atoms with van der Waals surface area (Å²) < 4.78 is 1.91. The maximum absolute atomic E-state index is 4.41. The van der Waals surface area contributed by atoms with Crippen LogP contribution in [0.3, 0.4) is 0 Å². The molecule has 1 aliphatic heterocycles. The Morgan fingerprint density at radius 2 is 1.92 bits per heavy atom. The van der Waals surface area contributed by atoms with Crippen LogP contribution in [-0.4, -0.2) is 21.5 Å². The summed E-state index contributed by atoms with van der Waals surface area (Å²) in [6, 6.07) is 17.1. The molecular weight excluding hydrogens is 296 g/mol. The second-order valence-corrected chi connectivity index (χ2v) is 6.53. The van der Waals surface area contributed by atoms with E-state index in [1.807, 2.05) is 29.9 Å². The molecule has 0 atom stereocenters. The van der Waals surface area contributed by atoms with Crippen molar-refractivity contribution in [1.82, 2.24) is 15.0 Å². The Kier molecular flexibility index (Phi) is 3.81. The van der Waals surface area contributed by atoms with Gasteiger partial charge in [0.15, 0.2) is 0 Å². The first kappa shape index (κ1) is 14.9. The van der Waals surface area contributed by atoms with Crippen LogP contribution in [0.15, 0.2) is 48.5 Å². The minimum absolute atomic E-state index is 0.837. The molecule has 0 saturated carbocycles. The summed E-state index contributed by atoms with van der Waals surface area (Å²) in [5, 5.41) is 8.68. The second kappa shape index (κ2) is 6.11. The average molecular weight is 318 g/mol. The van der Waals surface area contributed by atoms with E-state index >= 15 is 0 Å². The van der Waals surface area contributed by atoms with Gasteiger partial charge in [-0.05, 0) is 37.0 Å². The van der Waals surface area contributed by atoms with Crippen molar-refractivity contribution in [3.63, 3.8) is 0 Å². The van der Waals surface area contributed by atoms with Gasteiger partial charge >= 0.3 is 0 Å². The van der Waals surface area contributed by atoms with Gasteiger partial charge in [-0.25, -0.2) is 4.68 Å². The monoisotopic (exact) mass is 318 g/mol. The topological polar surface area (TPSA) is 34.0 Å². The van der Waals surface area contributed by atoms with Crippen LogP contribution in [-0.2, 0) is 20.0 Å². The van der Waals surface area contributed by atoms with Gasteiger partial charge < -0.3 is 4.90 Å². The third-order valence-electron chi connectivity index (χ3n) is 4.79. The highest BCUT2D eigenvalue weighted by atomic mass is 15.4. The zero-order valence-corrected chi connectivity index (χ0v) is 14.2. The smallest absolute Gasteiger partial charge is 0.118 e. The molecular formula is C20H22N4. The first-order chi connectivity index (χ1) is 11.7. The van der Waals surface area contributed by atoms with E-state index in [0.717, 1.165) is 30.0 Å². The van der Waals surface area contributed by atoms with Gasteiger partial charge in [0, 0.05) is 24.8 Å². The SMILES string of the molecule is Cc1ccc2c(c1)N(Cc1c(-c3ccccc3)nnn1C)CCC2. The summed E-state index contributed by atoms with van der Waals surface area (Å²) >= 11 is 0. The Bertz CT molecular complexity index is 851. The van der Waals surface area contributed by atoms with E-state index < -0.39 is 0 Å². The first-order valence-corrected chi connectivity index (χ1v) is 8.51. The summed E-state index contributed by atoms with van der Waals surface area (Å²) in [5.41, 5.74) is 7.40. The Labute approximate surface area is 142 Å².